The van der Waals surface area contributed by atoms with Crippen molar-refractivity contribution in [3.8, 4) is 11.1 Å². The lowest BCUT2D eigenvalue weighted by molar-refractivity contribution is -0.121. The first-order valence-electron chi connectivity index (χ1n) is 11.0. The number of halogens is 2. The van der Waals surface area contributed by atoms with Gasteiger partial charge in [0.25, 0.3) is 5.56 Å². The zero-order valence-corrected chi connectivity index (χ0v) is 19.2. The van der Waals surface area contributed by atoms with Crippen LogP contribution in [0.15, 0.2) is 41.5 Å². The number of piperidine rings is 1. The van der Waals surface area contributed by atoms with Crippen LogP contribution < -0.4 is 16.2 Å². The van der Waals surface area contributed by atoms with E-state index in [1.807, 2.05) is 6.07 Å². The van der Waals surface area contributed by atoms with Crippen LogP contribution in [0.1, 0.15) is 35.7 Å². The average molecular weight is 484 g/mol. The van der Waals surface area contributed by atoms with Crippen LogP contribution in [-0.2, 0) is 22.6 Å². The Kier molecular flexibility index (Phi) is 6.16. The number of carbonyl (C=O) groups excluding carboxylic acids is 1. The lowest BCUT2D eigenvalue weighted by Crippen LogP contribution is -2.49. The summed E-state index contributed by atoms with van der Waals surface area (Å²) >= 11 is 6.46. The summed E-state index contributed by atoms with van der Waals surface area (Å²) in [4.78, 5) is 28.8. The number of hydrogen-bond acceptors (Lipinski definition) is 6. The molecule has 3 atom stereocenters. The summed E-state index contributed by atoms with van der Waals surface area (Å²) < 4.78 is 20.1. The maximum absolute atomic E-state index is 15.0. The second-order valence-electron chi connectivity index (χ2n) is 8.75. The van der Waals surface area contributed by atoms with E-state index >= 15 is 0 Å². The Hall–Kier alpha value is -3.14. The highest BCUT2D eigenvalue weighted by Gasteiger charge is 2.38. The third-order valence-electron chi connectivity index (χ3n) is 6.35. The van der Waals surface area contributed by atoms with Gasteiger partial charge in [0, 0.05) is 48.7 Å². The number of ether oxygens (including phenoxy) is 1. The first kappa shape index (κ1) is 22.6. The molecule has 34 heavy (non-hydrogen) atoms. The molecule has 2 aromatic heterocycles. The number of carbonyl (C=O) groups is 1. The van der Waals surface area contributed by atoms with Gasteiger partial charge in [0.1, 0.15) is 5.82 Å². The molecule has 1 aromatic carbocycles. The molecule has 3 unspecified atom stereocenters. The third kappa shape index (κ3) is 4.46. The van der Waals surface area contributed by atoms with Crippen molar-refractivity contribution in [2.45, 2.75) is 38.0 Å². The molecule has 1 saturated heterocycles. The van der Waals surface area contributed by atoms with Gasteiger partial charge in [0.15, 0.2) is 0 Å². The van der Waals surface area contributed by atoms with E-state index in [0.717, 1.165) is 16.8 Å². The molecule has 0 radical (unpaired) electrons. The zero-order chi connectivity index (χ0) is 23.8. The van der Waals surface area contributed by atoms with Crippen molar-refractivity contribution in [1.82, 2.24) is 20.5 Å². The van der Waals surface area contributed by atoms with E-state index in [2.05, 4.69) is 25.8 Å². The van der Waals surface area contributed by atoms with Gasteiger partial charge in [-0.15, -0.1) is 0 Å². The molecule has 2 bridgehead atoms. The van der Waals surface area contributed by atoms with Crippen LogP contribution in [0.2, 0.25) is 5.02 Å². The molecule has 8 nitrogen and oxygen atoms in total. The van der Waals surface area contributed by atoms with E-state index in [-0.39, 0.29) is 35.2 Å². The van der Waals surface area contributed by atoms with Gasteiger partial charge in [0.05, 0.1) is 29.1 Å². The van der Waals surface area contributed by atoms with Gasteiger partial charge in [-0.1, -0.05) is 11.6 Å². The Labute approximate surface area is 199 Å². The molecule has 0 spiro atoms. The Bertz CT molecular complexity index is 1310. The minimum Gasteiger partial charge on any atom is -0.380 e. The molecule has 4 heterocycles. The molecule has 1 fully saturated rings. The summed E-state index contributed by atoms with van der Waals surface area (Å²) in [5.74, 6) is -1.18. The van der Waals surface area contributed by atoms with Crippen LogP contribution in [0.3, 0.4) is 0 Å². The highest BCUT2D eigenvalue weighted by molar-refractivity contribution is 6.33. The van der Waals surface area contributed by atoms with Gasteiger partial charge >= 0.3 is 0 Å². The van der Waals surface area contributed by atoms with Gasteiger partial charge in [-0.05, 0) is 48.6 Å². The van der Waals surface area contributed by atoms with E-state index in [9.17, 15) is 14.0 Å². The van der Waals surface area contributed by atoms with Crippen LogP contribution in [0.5, 0.6) is 0 Å². The van der Waals surface area contributed by atoms with Gasteiger partial charge in [-0.2, -0.15) is 5.10 Å². The largest absolute Gasteiger partial charge is 0.380 e. The number of amides is 1. The van der Waals surface area contributed by atoms with Crippen molar-refractivity contribution < 1.29 is 13.9 Å². The van der Waals surface area contributed by atoms with Crippen LogP contribution in [-0.4, -0.2) is 34.2 Å². The Balaban J connectivity index is 1.33. The molecule has 2 aliphatic rings. The SMILES string of the molecule is COCc1cncc(-c2cc(F)c(NC(=O)C3CC4Cc5cc(=O)[nH]nc5C(C3)N4)cc2Cl)c1. The maximum Gasteiger partial charge on any atom is 0.264 e. The molecule has 0 aliphatic carbocycles. The van der Waals surface area contributed by atoms with Crippen LogP contribution in [0.25, 0.3) is 11.1 Å². The van der Waals surface area contributed by atoms with Crippen molar-refractivity contribution in [1.29, 1.82) is 0 Å². The van der Waals surface area contributed by atoms with Crippen molar-refractivity contribution >= 4 is 23.2 Å². The van der Waals surface area contributed by atoms with E-state index < -0.39 is 5.82 Å². The quantitative estimate of drug-likeness (QED) is 0.513. The molecular formula is C24H23ClFN5O3. The van der Waals surface area contributed by atoms with Gasteiger partial charge in [-0.3, -0.25) is 14.6 Å². The number of anilines is 1. The predicted molar refractivity (Wildman–Crippen MR) is 125 cm³/mol. The van der Waals surface area contributed by atoms with E-state index in [4.69, 9.17) is 16.3 Å². The fourth-order valence-corrected chi connectivity index (χ4v) is 5.13. The summed E-state index contributed by atoms with van der Waals surface area (Å²) in [6.07, 6.45) is 4.98. The minimum absolute atomic E-state index is 0.0336. The third-order valence-corrected chi connectivity index (χ3v) is 6.66. The number of nitrogens with zero attached hydrogens (tertiary/aromatic N) is 2. The first-order valence-corrected chi connectivity index (χ1v) is 11.4. The summed E-state index contributed by atoms with van der Waals surface area (Å²) in [6.45, 7) is 0.378. The topological polar surface area (TPSA) is 109 Å². The highest BCUT2D eigenvalue weighted by Crippen LogP contribution is 2.37. The molecule has 1 amide bonds. The Morgan fingerprint density at radius 3 is 2.94 bits per heavy atom. The molecule has 2 aliphatic heterocycles. The number of pyridine rings is 1. The number of hydrogen-bond donors (Lipinski definition) is 3. The van der Waals surface area contributed by atoms with Crippen LogP contribution in [0.4, 0.5) is 10.1 Å². The molecule has 3 N–H and O–H groups in total. The van der Waals surface area contributed by atoms with E-state index in [1.54, 1.807) is 25.6 Å². The second-order valence-corrected chi connectivity index (χ2v) is 9.15. The summed E-state index contributed by atoms with van der Waals surface area (Å²) in [7, 11) is 1.59. The summed E-state index contributed by atoms with van der Waals surface area (Å²) in [5, 5.41) is 13.1. The minimum atomic E-state index is -0.580. The lowest BCUT2D eigenvalue weighted by atomic mass is 9.79. The zero-order valence-electron chi connectivity index (χ0n) is 18.4. The van der Waals surface area contributed by atoms with Crippen LogP contribution >= 0.6 is 11.6 Å². The van der Waals surface area contributed by atoms with Gasteiger partial charge in [0.2, 0.25) is 5.91 Å². The van der Waals surface area contributed by atoms with Gasteiger partial charge in [-0.25, -0.2) is 9.49 Å². The molecule has 10 heteroatoms. The number of nitrogens with one attached hydrogen (secondary N) is 3. The second kappa shape index (κ2) is 9.25. The number of benzene rings is 1. The Morgan fingerprint density at radius 1 is 1.26 bits per heavy atom. The number of rotatable bonds is 5. The average Bonchev–Trinajstić information content (AvgIpc) is 2.81. The first-order chi connectivity index (χ1) is 16.4. The van der Waals surface area contributed by atoms with Crippen molar-refractivity contribution in [3.63, 3.8) is 0 Å². The number of aromatic amines is 1. The smallest absolute Gasteiger partial charge is 0.264 e. The highest BCUT2D eigenvalue weighted by atomic mass is 35.5. The summed E-state index contributed by atoms with van der Waals surface area (Å²) in [5.41, 5.74) is 3.45. The van der Waals surface area contributed by atoms with E-state index in [1.165, 1.54) is 12.1 Å². The number of fused-ring (bicyclic) bond motifs is 4. The molecule has 176 valence electrons. The monoisotopic (exact) mass is 483 g/mol. The summed E-state index contributed by atoms with van der Waals surface area (Å²) in [6, 6.07) is 6.05. The van der Waals surface area contributed by atoms with Crippen molar-refractivity contribution in [2.75, 3.05) is 12.4 Å². The molecule has 0 saturated carbocycles. The Morgan fingerprint density at radius 2 is 2.12 bits per heavy atom. The van der Waals surface area contributed by atoms with Crippen molar-refractivity contribution in [3.05, 3.63) is 74.7 Å². The lowest BCUT2D eigenvalue weighted by Gasteiger charge is -2.39. The number of methoxy groups -OCH3 is 1. The number of H-pyrrole nitrogens is 1. The van der Waals surface area contributed by atoms with Gasteiger partial charge < -0.3 is 15.4 Å². The van der Waals surface area contributed by atoms with Crippen molar-refractivity contribution in [2.24, 2.45) is 5.92 Å². The standard InChI is InChI=1S/C24H23ClFN5O3/c1-34-11-12-2-15(10-27-9-12)17-7-19(26)20(8-18(17)25)29-24(33)14-4-16-3-13-6-22(32)30-31-23(13)21(5-14)28-16/h2,6-10,14,16,21,28H,3-5,11H2,1H3,(H,29,33)(H,30,32). The molecular weight excluding hydrogens is 461 g/mol. The normalized spacial score (nSPS) is 21.1. The molecule has 3 aromatic rings. The predicted octanol–water partition coefficient (Wildman–Crippen LogP) is 3.37. The molecule has 5 rings (SSSR count). The fraction of sp³-hybridized carbons (Fsp3) is 0.333. The maximum atomic E-state index is 15.0. The fourth-order valence-electron chi connectivity index (χ4n) is 4.85. The van der Waals surface area contributed by atoms with E-state index in [0.29, 0.717) is 42.0 Å². The van der Waals surface area contributed by atoms with Crippen LogP contribution in [0, 0.1) is 11.7 Å². The number of aromatic nitrogens is 3.